The number of carbonyl (C=O) groups excluding carboxylic acids is 1. The Bertz CT molecular complexity index is 1720. The van der Waals surface area contributed by atoms with E-state index < -0.39 is 12.4 Å². The summed E-state index contributed by atoms with van der Waals surface area (Å²) in [5, 5.41) is 8.09. The lowest BCUT2D eigenvalue weighted by Gasteiger charge is -2.36. The van der Waals surface area contributed by atoms with Crippen LogP contribution in [0.5, 0.6) is 5.75 Å². The Kier molecular flexibility index (Phi) is 9.62. The van der Waals surface area contributed by atoms with Gasteiger partial charge in [-0.1, -0.05) is 61.2 Å². The van der Waals surface area contributed by atoms with Gasteiger partial charge in [-0.25, -0.2) is 14.5 Å². The second-order valence-electron chi connectivity index (χ2n) is 10.5. The van der Waals surface area contributed by atoms with Crippen molar-refractivity contribution in [1.29, 1.82) is 0 Å². The molecule has 0 bridgehead atoms. The summed E-state index contributed by atoms with van der Waals surface area (Å²) in [5.74, 6) is 1.04. The number of allylic oxidation sites excluding steroid dienone is 2. The quantitative estimate of drug-likeness (QED) is 0.220. The number of urea groups is 1. The summed E-state index contributed by atoms with van der Waals surface area (Å²) in [7, 11) is 0. The van der Waals surface area contributed by atoms with Crippen molar-refractivity contribution in [3.63, 3.8) is 0 Å². The average molecular weight is 635 g/mol. The number of benzene rings is 3. The summed E-state index contributed by atoms with van der Waals surface area (Å²) in [6, 6.07) is 21.0. The number of para-hydroxylation sites is 1. The van der Waals surface area contributed by atoms with Crippen LogP contribution >= 0.6 is 11.8 Å². The van der Waals surface area contributed by atoms with E-state index in [9.17, 15) is 18.0 Å². The molecule has 1 fully saturated rings. The SMILES string of the molecule is CCc1ccccc1N1/C(=N/C(=O)N/C(C)=C(\C)c2ccc(-c3ncn(-c4ccc(OC(F)(F)F)cc4)n3)cc2)SCCC1C. The van der Waals surface area contributed by atoms with E-state index in [-0.39, 0.29) is 11.8 Å². The zero-order valence-electron chi connectivity index (χ0n) is 25.3. The van der Waals surface area contributed by atoms with Crippen LogP contribution in [-0.4, -0.2) is 44.1 Å². The van der Waals surface area contributed by atoms with Crippen molar-refractivity contribution in [1.82, 2.24) is 20.1 Å². The number of hydrogen-bond acceptors (Lipinski definition) is 5. The fourth-order valence-electron chi connectivity index (χ4n) is 4.95. The summed E-state index contributed by atoms with van der Waals surface area (Å²) >= 11 is 1.59. The van der Waals surface area contributed by atoms with Gasteiger partial charge in [0, 0.05) is 28.7 Å². The molecule has 12 heteroatoms. The second-order valence-corrected chi connectivity index (χ2v) is 11.6. The van der Waals surface area contributed by atoms with Crippen LogP contribution in [-0.2, 0) is 6.42 Å². The molecule has 3 aromatic carbocycles. The summed E-state index contributed by atoms with van der Waals surface area (Å²) < 4.78 is 42.7. The molecule has 1 aromatic heterocycles. The van der Waals surface area contributed by atoms with Gasteiger partial charge in [-0.15, -0.1) is 18.3 Å². The van der Waals surface area contributed by atoms with Crippen LogP contribution in [0.2, 0.25) is 0 Å². The van der Waals surface area contributed by atoms with E-state index in [1.165, 1.54) is 40.8 Å². The van der Waals surface area contributed by atoms with Crippen LogP contribution in [0.15, 0.2) is 89.8 Å². The number of amidine groups is 1. The molecule has 0 spiro atoms. The van der Waals surface area contributed by atoms with Crippen molar-refractivity contribution >= 4 is 34.2 Å². The molecule has 0 saturated carbocycles. The van der Waals surface area contributed by atoms with Crippen LogP contribution < -0.4 is 15.0 Å². The lowest BCUT2D eigenvalue weighted by Crippen LogP contribution is -2.42. The number of aromatic nitrogens is 3. The Hall–Kier alpha value is -4.58. The highest BCUT2D eigenvalue weighted by atomic mass is 32.2. The first-order valence-electron chi connectivity index (χ1n) is 14.5. The zero-order valence-corrected chi connectivity index (χ0v) is 26.1. The first-order valence-corrected chi connectivity index (χ1v) is 15.5. The fourth-order valence-corrected chi connectivity index (χ4v) is 6.16. The minimum atomic E-state index is -4.75. The van der Waals surface area contributed by atoms with Gasteiger partial charge in [0.1, 0.15) is 12.1 Å². The van der Waals surface area contributed by atoms with Crippen LogP contribution in [0, 0.1) is 0 Å². The number of halogens is 3. The Balaban J connectivity index is 1.27. The maximum atomic E-state index is 13.1. The number of anilines is 1. The molecule has 1 aliphatic rings. The van der Waals surface area contributed by atoms with Gasteiger partial charge in [-0.05, 0) is 80.6 Å². The summed E-state index contributed by atoms with van der Waals surface area (Å²) in [5.41, 5.74) is 6.06. The van der Waals surface area contributed by atoms with Crippen molar-refractivity contribution in [2.75, 3.05) is 10.7 Å². The Labute approximate surface area is 264 Å². The number of rotatable bonds is 7. The predicted octanol–water partition coefficient (Wildman–Crippen LogP) is 8.24. The first kappa shape index (κ1) is 31.8. The molecule has 4 aromatic rings. The number of hydrogen-bond donors (Lipinski definition) is 1. The van der Waals surface area contributed by atoms with Crippen molar-refractivity contribution in [3.8, 4) is 22.8 Å². The molecule has 5 rings (SSSR count). The van der Waals surface area contributed by atoms with Gasteiger partial charge in [0.15, 0.2) is 11.0 Å². The average Bonchev–Trinajstić information content (AvgIpc) is 3.51. The number of aliphatic imine (C=N–C) groups is 1. The zero-order chi connectivity index (χ0) is 32.1. The van der Waals surface area contributed by atoms with Gasteiger partial charge in [-0.2, -0.15) is 4.99 Å². The van der Waals surface area contributed by atoms with E-state index in [0.29, 0.717) is 22.4 Å². The van der Waals surface area contributed by atoms with Crippen LogP contribution in [0.1, 0.15) is 45.2 Å². The molecule has 1 saturated heterocycles. The van der Waals surface area contributed by atoms with Gasteiger partial charge in [0.2, 0.25) is 0 Å². The molecule has 2 amide bonds. The van der Waals surface area contributed by atoms with Crippen molar-refractivity contribution in [2.24, 2.45) is 4.99 Å². The van der Waals surface area contributed by atoms with Crippen LogP contribution in [0.4, 0.5) is 23.7 Å². The maximum Gasteiger partial charge on any atom is 0.573 e. The van der Waals surface area contributed by atoms with Crippen molar-refractivity contribution < 1.29 is 22.7 Å². The molecule has 0 radical (unpaired) electrons. The lowest BCUT2D eigenvalue weighted by molar-refractivity contribution is -0.274. The van der Waals surface area contributed by atoms with E-state index in [4.69, 9.17) is 0 Å². The number of amides is 2. The van der Waals surface area contributed by atoms with Crippen LogP contribution in [0.25, 0.3) is 22.6 Å². The molecular weight excluding hydrogens is 601 g/mol. The van der Waals surface area contributed by atoms with Crippen LogP contribution in [0.3, 0.4) is 0 Å². The molecular formula is C33H33F3N6O2S. The number of alkyl halides is 3. The monoisotopic (exact) mass is 634 g/mol. The lowest BCUT2D eigenvalue weighted by atomic mass is 10.0. The third kappa shape index (κ3) is 7.75. The second kappa shape index (κ2) is 13.6. The van der Waals surface area contributed by atoms with Crippen molar-refractivity contribution in [3.05, 3.63) is 95.9 Å². The molecule has 234 valence electrons. The van der Waals surface area contributed by atoms with E-state index in [2.05, 4.69) is 56.0 Å². The number of carbonyl (C=O) groups is 1. The van der Waals surface area contributed by atoms with E-state index in [1.54, 1.807) is 11.8 Å². The van der Waals surface area contributed by atoms with Gasteiger partial charge in [0.05, 0.1) is 5.69 Å². The number of thioether (sulfide) groups is 1. The highest BCUT2D eigenvalue weighted by Gasteiger charge is 2.31. The summed E-state index contributed by atoms with van der Waals surface area (Å²) in [6.07, 6.45) is -1.38. The van der Waals surface area contributed by atoms with E-state index >= 15 is 0 Å². The van der Waals surface area contributed by atoms with Gasteiger partial charge in [-0.3, -0.25) is 0 Å². The number of nitrogens with zero attached hydrogens (tertiary/aromatic N) is 5. The third-order valence-electron chi connectivity index (χ3n) is 7.50. The first-order chi connectivity index (χ1) is 21.5. The summed E-state index contributed by atoms with van der Waals surface area (Å²) in [6.45, 7) is 8.06. The Morgan fingerprint density at radius 2 is 1.78 bits per heavy atom. The number of nitrogens with one attached hydrogen (secondary N) is 1. The molecule has 1 N–H and O–H groups in total. The highest BCUT2D eigenvalue weighted by molar-refractivity contribution is 8.14. The number of ether oxygens (including phenoxy) is 1. The van der Waals surface area contributed by atoms with Gasteiger partial charge in [0.25, 0.3) is 0 Å². The van der Waals surface area contributed by atoms with Gasteiger partial charge >= 0.3 is 12.4 Å². The summed E-state index contributed by atoms with van der Waals surface area (Å²) in [4.78, 5) is 24.1. The third-order valence-corrected chi connectivity index (χ3v) is 8.49. The Morgan fingerprint density at radius 3 is 2.47 bits per heavy atom. The largest absolute Gasteiger partial charge is 0.573 e. The fraction of sp³-hybridized carbons (Fsp3) is 0.273. The molecule has 45 heavy (non-hydrogen) atoms. The minimum Gasteiger partial charge on any atom is -0.406 e. The molecule has 1 atom stereocenters. The normalized spacial score (nSPS) is 16.8. The Morgan fingerprint density at radius 1 is 1.07 bits per heavy atom. The van der Waals surface area contributed by atoms with Gasteiger partial charge < -0.3 is 15.0 Å². The topological polar surface area (TPSA) is 84.6 Å². The maximum absolute atomic E-state index is 13.1. The van der Waals surface area contributed by atoms with E-state index in [0.717, 1.165) is 41.0 Å². The van der Waals surface area contributed by atoms with Crippen molar-refractivity contribution in [2.45, 2.75) is 52.9 Å². The van der Waals surface area contributed by atoms with E-state index in [1.807, 2.05) is 50.2 Å². The minimum absolute atomic E-state index is 0.224. The standard InChI is InChI=1S/C33H33F3N6O2S/c1-5-24-8-6-7-9-29(24)42-21(2)18-19-45-32(42)39-31(43)38-23(4)22(3)25-10-12-26(13-11-25)30-37-20-41(40-30)27-14-16-28(17-15-27)44-33(34,35)36/h6-17,20-21H,5,18-19H2,1-4H3,(H,38,43)/b23-22+,39-32-. The highest BCUT2D eigenvalue weighted by Crippen LogP contribution is 2.32. The predicted molar refractivity (Wildman–Crippen MR) is 173 cm³/mol. The molecule has 1 unspecified atom stereocenters. The molecule has 1 aliphatic heterocycles. The number of aryl methyl sites for hydroxylation is 1. The molecule has 0 aliphatic carbocycles. The molecule has 8 nitrogen and oxygen atoms in total. The smallest absolute Gasteiger partial charge is 0.406 e. The molecule has 2 heterocycles.